The molecule has 4 nitrogen and oxygen atoms in total. The second-order valence-electron chi connectivity index (χ2n) is 5.45. The van der Waals surface area contributed by atoms with Gasteiger partial charge in [-0.3, -0.25) is 9.59 Å². The van der Waals surface area contributed by atoms with Gasteiger partial charge in [0.1, 0.15) is 0 Å². The summed E-state index contributed by atoms with van der Waals surface area (Å²) in [5.74, 6) is -0.321. The van der Waals surface area contributed by atoms with Crippen LogP contribution in [-0.2, 0) is 17.6 Å². The molecule has 3 rings (SSSR count). The first-order valence-electron chi connectivity index (χ1n) is 7.40. The standard InChI is InChI=1S/C17H18N2O2S/c18-17(21)14-3-1-5-15-13(14)4-2-9-19(15)16(20)7-6-12-8-10-22-11-12/h1,3,5,8,10-11H,2,4,6-7,9H2,(H2,18,21). The average Bonchev–Trinajstić information content (AvgIpc) is 3.04. The molecular weight excluding hydrogens is 296 g/mol. The number of hydrogen-bond acceptors (Lipinski definition) is 3. The number of primary amides is 1. The Bertz CT molecular complexity index is 695. The van der Waals surface area contributed by atoms with Gasteiger partial charge in [0.2, 0.25) is 11.8 Å². The molecule has 114 valence electrons. The summed E-state index contributed by atoms with van der Waals surface area (Å²) in [7, 11) is 0. The maximum Gasteiger partial charge on any atom is 0.249 e. The number of fused-ring (bicyclic) bond motifs is 1. The monoisotopic (exact) mass is 314 g/mol. The van der Waals surface area contributed by atoms with E-state index in [4.69, 9.17) is 5.73 Å². The molecule has 0 bridgehead atoms. The van der Waals surface area contributed by atoms with Crippen molar-refractivity contribution in [3.05, 3.63) is 51.7 Å². The molecule has 0 saturated carbocycles. The van der Waals surface area contributed by atoms with Crippen LogP contribution < -0.4 is 10.6 Å². The summed E-state index contributed by atoms with van der Waals surface area (Å²) in [6.07, 6.45) is 2.89. The first kappa shape index (κ1) is 14.8. The van der Waals surface area contributed by atoms with Gasteiger partial charge in [-0.05, 0) is 59.3 Å². The molecule has 0 aliphatic carbocycles. The number of hydrogen-bond donors (Lipinski definition) is 1. The zero-order valence-corrected chi connectivity index (χ0v) is 13.1. The molecule has 0 radical (unpaired) electrons. The lowest BCUT2D eigenvalue weighted by Gasteiger charge is -2.30. The average molecular weight is 314 g/mol. The van der Waals surface area contributed by atoms with Gasteiger partial charge in [0, 0.05) is 24.2 Å². The molecule has 22 heavy (non-hydrogen) atoms. The van der Waals surface area contributed by atoms with Crippen molar-refractivity contribution in [2.45, 2.75) is 25.7 Å². The molecule has 2 heterocycles. The van der Waals surface area contributed by atoms with Crippen LogP contribution in [0.4, 0.5) is 5.69 Å². The van der Waals surface area contributed by atoms with Gasteiger partial charge >= 0.3 is 0 Å². The van der Waals surface area contributed by atoms with Crippen molar-refractivity contribution in [2.75, 3.05) is 11.4 Å². The zero-order valence-electron chi connectivity index (χ0n) is 12.2. The van der Waals surface area contributed by atoms with E-state index in [2.05, 4.69) is 5.38 Å². The third-order valence-corrected chi connectivity index (χ3v) is 4.76. The van der Waals surface area contributed by atoms with E-state index in [0.29, 0.717) is 18.5 Å². The minimum Gasteiger partial charge on any atom is -0.366 e. The Morgan fingerprint density at radius 1 is 1.27 bits per heavy atom. The summed E-state index contributed by atoms with van der Waals surface area (Å²) in [4.78, 5) is 25.9. The number of rotatable bonds is 4. The van der Waals surface area contributed by atoms with E-state index >= 15 is 0 Å². The fraction of sp³-hybridized carbons (Fsp3) is 0.294. The highest BCUT2D eigenvalue weighted by atomic mass is 32.1. The molecule has 5 heteroatoms. The Morgan fingerprint density at radius 2 is 2.14 bits per heavy atom. The Morgan fingerprint density at radius 3 is 2.86 bits per heavy atom. The van der Waals surface area contributed by atoms with Crippen LogP contribution in [0.5, 0.6) is 0 Å². The molecule has 2 N–H and O–H groups in total. The van der Waals surface area contributed by atoms with Gasteiger partial charge in [0.25, 0.3) is 0 Å². The van der Waals surface area contributed by atoms with Crippen molar-refractivity contribution in [3.8, 4) is 0 Å². The summed E-state index contributed by atoms with van der Waals surface area (Å²) in [6, 6.07) is 7.49. The number of nitrogens with zero attached hydrogens (tertiary/aromatic N) is 1. The quantitative estimate of drug-likeness (QED) is 0.943. The number of aryl methyl sites for hydroxylation is 1. The lowest BCUT2D eigenvalue weighted by molar-refractivity contribution is -0.118. The van der Waals surface area contributed by atoms with Gasteiger partial charge in [-0.1, -0.05) is 6.07 Å². The number of carbonyl (C=O) groups is 2. The fourth-order valence-electron chi connectivity index (χ4n) is 2.94. The second-order valence-corrected chi connectivity index (χ2v) is 6.23. The number of carbonyl (C=O) groups excluding carboxylic acids is 2. The van der Waals surface area contributed by atoms with Crippen LogP contribution in [0.25, 0.3) is 0 Å². The molecule has 2 amide bonds. The summed E-state index contributed by atoms with van der Waals surface area (Å²) >= 11 is 1.64. The topological polar surface area (TPSA) is 63.4 Å². The van der Waals surface area contributed by atoms with Gasteiger partial charge in [-0.15, -0.1) is 0 Å². The SMILES string of the molecule is NC(=O)c1cccc2c1CCCN2C(=O)CCc1ccsc1. The van der Waals surface area contributed by atoms with Gasteiger partial charge in [0.15, 0.2) is 0 Å². The predicted octanol–water partition coefficient (Wildman–Crippen LogP) is 2.76. The van der Waals surface area contributed by atoms with Crippen LogP contribution >= 0.6 is 11.3 Å². The molecule has 0 unspecified atom stereocenters. The molecule has 0 atom stereocenters. The normalized spacial score (nSPS) is 13.7. The Balaban J connectivity index is 1.80. The number of nitrogens with two attached hydrogens (primary N) is 1. The predicted molar refractivity (Wildman–Crippen MR) is 88.3 cm³/mol. The Hall–Kier alpha value is -2.14. The minimum atomic E-state index is -0.426. The Labute approximate surface area is 133 Å². The molecule has 1 aliphatic rings. The number of amides is 2. The van der Waals surface area contributed by atoms with E-state index in [1.165, 1.54) is 5.56 Å². The number of thiophene rings is 1. The highest BCUT2D eigenvalue weighted by Crippen LogP contribution is 2.30. The van der Waals surface area contributed by atoms with E-state index in [-0.39, 0.29) is 5.91 Å². The van der Waals surface area contributed by atoms with E-state index in [1.807, 2.05) is 17.5 Å². The summed E-state index contributed by atoms with van der Waals surface area (Å²) in [6.45, 7) is 0.706. The van der Waals surface area contributed by atoms with Crippen molar-refractivity contribution < 1.29 is 9.59 Å². The molecule has 1 aromatic carbocycles. The van der Waals surface area contributed by atoms with Crippen LogP contribution in [0.2, 0.25) is 0 Å². The second kappa shape index (κ2) is 6.32. The summed E-state index contributed by atoms with van der Waals surface area (Å²) < 4.78 is 0. The van der Waals surface area contributed by atoms with Gasteiger partial charge in [0.05, 0.1) is 0 Å². The van der Waals surface area contributed by atoms with Crippen LogP contribution in [0.1, 0.15) is 34.3 Å². The number of anilines is 1. The van der Waals surface area contributed by atoms with E-state index < -0.39 is 5.91 Å². The van der Waals surface area contributed by atoms with Crippen LogP contribution in [0, 0.1) is 0 Å². The van der Waals surface area contributed by atoms with Crippen molar-refractivity contribution in [1.29, 1.82) is 0 Å². The van der Waals surface area contributed by atoms with E-state index in [9.17, 15) is 9.59 Å². The molecule has 2 aromatic rings. The molecule has 1 aromatic heterocycles. The highest BCUT2D eigenvalue weighted by Gasteiger charge is 2.25. The maximum atomic E-state index is 12.6. The molecule has 0 saturated heterocycles. The third kappa shape index (κ3) is 2.90. The van der Waals surface area contributed by atoms with Gasteiger partial charge in [-0.2, -0.15) is 11.3 Å². The smallest absolute Gasteiger partial charge is 0.249 e. The summed E-state index contributed by atoms with van der Waals surface area (Å²) in [5, 5.41) is 4.10. The number of benzene rings is 1. The first-order valence-corrected chi connectivity index (χ1v) is 8.34. The van der Waals surface area contributed by atoms with Gasteiger partial charge < -0.3 is 10.6 Å². The first-order chi connectivity index (χ1) is 10.7. The van der Waals surface area contributed by atoms with E-state index in [0.717, 1.165) is 30.5 Å². The molecular formula is C17H18N2O2S. The van der Waals surface area contributed by atoms with Crippen molar-refractivity contribution >= 4 is 28.8 Å². The van der Waals surface area contributed by atoms with Crippen LogP contribution in [-0.4, -0.2) is 18.4 Å². The van der Waals surface area contributed by atoms with Crippen molar-refractivity contribution in [2.24, 2.45) is 5.73 Å². The molecule has 1 aliphatic heterocycles. The molecule has 0 fully saturated rings. The fourth-order valence-corrected chi connectivity index (χ4v) is 3.64. The van der Waals surface area contributed by atoms with Crippen molar-refractivity contribution in [1.82, 2.24) is 0 Å². The van der Waals surface area contributed by atoms with Crippen LogP contribution in [0.3, 0.4) is 0 Å². The van der Waals surface area contributed by atoms with Crippen molar-refractivity contribution in [3.63, 3.8) is 0 Å². The van der Waals surface area contributed by atoms with Crippen LogP contribution in [0.15, 0.2) is 35.0 Å². The lowest BCUT2D eigenvalue weighted by atomic mass is 9.95. The lowest BCUT2D eigenvalue weighted by Crippen LogP contribution is -2.36. The summed E-state index contributed by atoms with van der Waals surface area (Å²) in [5.41, 5.74) is 8.92. The van der Waals surface area contributed by atoms with Gasteiger partial charge in [-0.25, -0.2) is 0 Å². The third-order valence-electron chi connectivity index (χ3n) is 4.02. The zero-order chi connectivity index (χ0) is 15.5. The molecule has 0 spiro atoms. The minimum absolute atomic E-state index is 0.105. The largest absolute Gasteiger partial charge is 0.366 e. The highest BCUT2D eigenvalue weighted by molar-refractivity contribution is 7.07. The van der Waals surface area contributed by atoms with E-state index in [1.54, 1.807) is 28.4 Å². The maximum absolute atomic E-state index is 12.6. The Kier molecular flexibility index (Phi) is 4.24.